The van der Waals surface area contributed by atoms with Crippen LogP contribution in [0.1, 0.15) is 31.5 Å². The highest BCUT2D eigenvalue weighted by Crippen LogP contribution is 2.32. The van der Waals surface area contributed by atoms with Gasteiger partial charge in [0.25, 0.3) is 0 Å². The van der Waals surface area contributed by atoms with Crippen LogP contribution in [0.3, 0.4) is 0 Å². The average molecular weight is 328 g/mol. The van der Waals surface area contributed by atoms with E-state index in [-0.39, 0.29) is 29.1 Å². The summed E-state index contributed by atoms with van der Waals surface area (Å²) in [5.41, 5.74) is 0.355. The Kier molecular flexibility index (Phi) is 3.36. The van der Waals surface area contributed by atoms with Crippen LogP contribution < -0.4 is 5.32 Å². The zero-order valence-electron chi connectivity index (χ0n) is 12.2. The summed E-state index contributed by atoms with van der Waals surface area (Å²) >= 11 is 0. The minimum absolute atomic E-state index is 0.0657. The molecule has 3 heterocycles. The van der Waals surface area contributed by atoms with Crippen molar-refractivity contribution in [2.75, 3.05) is 11.9 Å². The summed E-state index contributed by atoms with van der Waals surface area (Å²) in [6.45, 7) is 1.00. The molecule has 1 aliphatic heterocycles. The van der Waals surface area contributed by atoms with E-state index < -0.39 is 12.0 Å². The molecule has 1 aliphatic carbocycles. The van der Waals surface area contributed by atoms with Gasteiger partial charge in [-0.3, -0.25) is 0 Å². The van der Waals surface area contributed by atoms with Gasteiger partial charge in [-0.1, -0.05) is 5.21 Å². The molecule has 7 nitrogen and oxygen atoms in total. The number of ether oxygens (including phenoxy) is 1. The molecule has 2 aromatic heterocycles. The lowest BCUT2D eigenvalue weighted by Crippen LogP contribution is -2.18. The van der Waals surface area contributed by atoms with E-state index in [9.17, 15) is 13.2 Å². The van der Waals surface area contributed by atoms with Gasteiger partial charge in [0.05, 0.1) is 12.6 Å². The Labute approximate surface area is 129 Å². The quantitative estimate of drug-likeness (QED) is 0.925. The van der Waals surface area contributed by atoms with Crippen LogP contribution in [0.4, 0.5) is 19.0 Å². The first-order valence-electron chi connectivity index (χ1n) is 7.57. The number of anilines is 1. The summed E-state index contributed by atoms with van der Waals surface area (Å²) in [5.74, 6) is -1.08. The average Bonchev–Trinajstić information content (AvgIpc) is 2.99. The Hall–Kier alpha value is -1.97. The Morgan fingerprint density at radius 2 is 2.04 bits per heavy atom. The molecule has 23 heavy (non-hydrogen) atoms. The van der Waals surface area contributed by atoms with Crippen molar-refractivity contribution in [1.29, 1.82) is 0 Å². The van der Waals surface area contributed by atoms with Crippen LogP contribution in [-0.2, 0) is 17.5 Å². The number of fused-ring (bicyclic) bond motifs is 1. The molecular formula is C13H15F3N6O. The summed E-state index contributed by atoms with van der Waals surface area (Å²) in [4.78, 5) is 7.25. The maximum atomic E-state index is 13.1. The normalized spacial score (nSPS) is 22.0. The first-order chi connectivity index (χ1) is 11.0. The van der Waals surface area contributed by atoms with Gasteiger partial charge < -0.3 is 10.1 Å². The summed E-state index contributed by atoms with van der Waals surface area (Å²) in [6, 6.07) is 0.150. The fraction of sp³-hybridized carbons (Fsp3) is 0.692. The third-order valence-electron chi connectivity index (χ3n) is 3.94. The standard InChI is InChI=1S/C13H15F3N6O/c14-13(15,16)12-18-10(17-7-3-4-7)9-11(19-12)22(21-20-9)6-8-2-1-5-23-8/h7-8H,1-6H2,(H,17,18,19)/t8-/m1/s1. The summed E-state index contributed by atoms with van der Waals surface area (Å²) in [5, 5.41) is 10.9. The molecule has 0 unspecified atom stereocenters. The molecule has 1 saturated heterocycles. The molecule has 124 valence electrons. The molecule has 0 bridgehead atoms. The topological polar surface area (TPSA) is 77.8 Å². The van der Waals surface area contributed by atoms with E-state index in [0.717, 1.165) is 25.7 Å². The molecule has 0 radical (unpaired) electrons. The predicted molar refractivity (Wildman–Crippen MR) is 73.7 cm³/mol. The SMILES string of the molecule is FC(F)(F)c1nc(NC2CC2)c2nnn(C[C@H]3CCCO3)c2n1. The Bertz CT molecular complexity index is 720. The van der Waals surface area contributed by atoms with Crippen molar-refractivity contribution < 1.29 is 17.9 Å². The smallest absolute Gasteiger partial charge is 0.376 e. The van der Waals surface area contributed by atoms with Crippen LogP contribution in [0.25, 0.3) is 11.2 Å². The molecule has 1 saturated carbocycles. The van der Waals surface area contributed by atoms with Gasteiger partial charge in [0.15, 0.2) is 17.0 Å². The molecule has 2 fully saturated rings. The molecule has 0 amide bonds. The van der Waals surface area contributed by atoms with Crippen molar-refractivity contribution in [1.82, 2.24) is 25.0 Å². The van der Waals surface area contributed by atoms with Gasteiger partial charge >= 0.3 is 6.18 Å². The van der Waals surface area contributed by atoms with Crippen LogP contribution in [0, 0.1) is 0 Å². The number of rotatable bonds is 4. The van der Waals surface area contributed by atoms with Gasteiger partial charge in [0, 0.05) is 12.6 Å². The third kappa shape index (κ3) is 2.94. The van der Waals surface area contributed by atoms with E-state index in [4.69, 9.17) is 4.74 Å². The van der Waals surface area contributed by atoms with Crippen LogP contribution in [0.15, 0.2) is 0 Å². The number of halogens is 3. The highest BCUT2D eigenvalue weighted by atomic mass is 19.4. The highest BCUT2D eigenvalue weighted by molar-refractivity contribution is 5.82. The van der Waals surface area contributed by atoms with Gasteiger partial charge in [0.1, 0.15) is 0 Å². The number of nitrogens with zero attached hydrogens (tertiary/aromatic N) is 5. The lowest BCUT2D eigenvalue weighted by atomic mass is 10.2. The van der Waals surface area contributed by atoms with Crippen molar-refractivity contribution in [3.05, 3.63) is 5.82 Å². The monoisotopic (exact) mass is 328 g/mol. The van der Waals surface area contributed by atoms with Crippen LogP contribution in [0.5, 0.6) is 0 Å². The van der Waals surface area contributed by atoms with Crippen molar-refractivity contribution in [2.45, 2.75) is 50.6 Å². The molecule has 2 aromatic rings. The van der Waals surface area contributed by atoms with Crippen LogP contribution in [0.2, 0.25) is 0 Å². The minimum Gasteiger partial charge on any atom is -0.376 e. The molecule has 0 spiro atoms. The number of hydrogen-bond acceptors (Lipinski definition) is 6. The molecule has 2 aliphatic rings. The van der Waals surface area contributed by atoms with E-state index >= 15 is 0 Å². The molecule has 1 N–H and O–H groups in total. The maximum absolute atomic E-state index is 13.1. The Morgan fingerprint density at radius 1 is 1.22 bits per heavy atom. The van der Waals surface area contributed by atoms with E-state index in [1.165, 1.54) is 4.68 Å². The molecular weight excluding hydrogens is 313 g/mol. The largest absolute Gasteiger partial charge is 0.451 e. The maximum Gasteiger partial charge on any atom is 0.451 e. The lowest BCUT2D eigenvalue weighted by Gasteiger charge is -2.11. The fourth-order valence-corrected chi connectivity index (χ4v) is 2.61. The van der Waals surface area contributed by atoms with E-state index in [1.54, 1.807) is 0 Å². The molecule has 4 rings (SSSR count). The second kappa shape index (κ2) is 5.29. The number of nitrogens with one attached hydrogen (secondary N) is 1. The number of alkyl halides is 3. The molecule has 10 heteroatoms. The van der Waals surface area contributed by atoms with E-state index in [0.29, 0.717) is 13.2 Å². The summed E-state index contributed by atoms with van der Waals surface area (Å²) in [7, 11) is 0. The first-order valence-corrected chi connectivity index (χ1v) is 7.57. The summed E-state index contributed by atoms with van der Waals surface area (Å²) in [6.07, 6.45) is -1.06. The van der Waals surface area contributed by atoms with Gasteiger partial charge in [-0.05, 0) is 25.7 Å². The first kappa shape index (κ1) is 14.6. The minimum atomic E-state index is -4.62. The fourth-order valence-electron chi connectivity index (χ4n) is 2.61. The number of hydrogen-bond donors (Lipinski definition) is 1. The zero-order valence-corrected chi connectivity index (χ0v) is 12.2. The van der Waals surface area contributed by atoms with Crippen LogP contribution >= 0.6 is 0 Å². The van der Waals surface area contributed by atoms with Crippen molar-refractivity contribution >= 4 is 17.0 Å². The van der Waals surface area contributed by atoms with Crippen molar-refractivity contribution in [3.8, 4) is 0 Å². The molecule has 0 aromatic carbocycles. The van der Waals surface area contributed by atoms with Gasteiger partial charge in [-0.25, -0.2) is 14.6 Å². The third-order valence-corrected chi connectivity index (χ3v) is 3.94. The van der Waals surface area contributed by atoms with Crippen molar-refractivity contribution in [3.63, 3.8) is 0 Å². The Balaban J connectivity index is 1.75. The summed E-state index contributed by atoms with van der Waals surface area (Å²) < 4.78 is 46.1. The second-order valence-corrected chi connectivity index (χ2v) is 5.89. The lowest BCUT2D eigenvalue weighted by molar-refractivity contribution is -0.144. The van der Waals surface area contributed by atoms with Gasteiger partial charge in [-0.2, -0.15) is 13.2 Å². The Morgan fingerprint density at radius 3 is 2.70 bits per heavy atom. The second-order valence-electron chi connectivity index (χ2n) is 5.89. The van der Waals surface area contributed by atoms with Crippen molar-refractivity contribution in [2.24, 2.45) is 0 Å². The van der Waals surface area contributed by atoms with Gasteiger partial charge in [0.2, 0.25) is 5.82 Å². The van der Waals surface area contributed by atoms with E-state index in [2.05, 4.69) is 25.6 Å². The highest BCUT2D eigenvalue weighted by Gasteiger charge is 2.37. The zero-order chi connectivity index (χ0) is 16.0. The van der Waals surface area contributed by atoms with Crippen LogP contribution in [-0.4, -0.2) is 43.7 Å². The number of aromatic nitrogens is 5. The molecule has 1 atom stereocenters. The van der Waals surface area contributed by atoms with Gasteiger partial charge in [-0.15, -0.1) is 5.10 Å². The predicted octanol–water partition coefficient (Wildman–Crippen LogP) is 1.99. The van der Waals surface area contributed by atoms with E-state index in [1.807, 2.05) is 0 Å².